The first kappa shape index (κ1) is 11.7. The molecule has 3 heteroatoms. The van der Waals surface area contributed by atoms with Crippen molar-refractivity contribution < 1.29 is 4.74 Å². The summed E-state index contributed by atoms with van der Waals surface area (Å²) in [6.45, 7) is 6.11. The molecule has 0 unspecified atom stereocenters. The van der Waals surface area contributed by atoms with Crippen LogP contribution in [0.3, 0.4) is 0 Å². The minimum absolute atomic E-state index is 0.650. The first-order valence-electron chi connectivity index (χ1n) is 5.14. The quantitative estimate of drug-likeness (QED) is 0.801. The minimum atomic E-state index is 0.650. The summed E-state index contributed by atoms with van der Waals surface area (Å²) < 4.78 is 4.99. The zero-order chi connectivity index (χ0) is 11.1. The molecule has 1 rings (SSSR count). The number of nitrogens with one attached hydrogen (secondary N) is 1. The largest absolute Gasteiger partial charge is 0.481 e. The van der Waals surface area contributed by atoms with Crippen molar-refractivity contribution in [1.82, 2.24) is 10.3 Å². The highest BCUT2D eigenvalue weighted by Crippen LogP contribution is 2.09. The Morgan fingerprint density at radius 3 is 2.87 bits per heavy atom. The first-order chi connectivity index (χ1) is 7.26. The molecule has 0 amide bonds. The molecule has 0 aromatic carbocycles. The standard InChI is InChI=1S/C12H18N2O/c1-4-13-8-10(2)7-11-5-6-12(15-3)14-9-11/h5-7,9,13H,4,8H2,1-3H3/b10-7+. The average molecular weight is 206 g/mol. The van der Waals surface area contributed by atoms with E-state index in [1.54, 1.807) is 7.11 Å². The fourth-order valence-electron chi connectivity index (χ4n) is 1.26. The lowest BCUT2D eigenvalue weighted by molar-refractivity contribution is 0.398. The molecule has 0 fully saturated rings. The number of nitrogens with zero attached hydrogens (tertiary/aromatic N) is 1. The molecular formula is C12H18N2O. The van der Waals surface area contributed by atoms with E-state index in [9.17, 15) is 0 Å². The topological polar surface area (TPSA) is 34.1 Å². The lowest BCUT2D eigenvalue weighted by atomic mass is 10.2. The fraction of sp³-hybridized carbons (Fsp3) is 0.417. The van der Waals surface area contributed by atoms with E-state index in [4.69, 9.17) is 4.74 Å². The van der Waals surface area contributed by atoms with Gasteiger partial charge in [0.05, 0.1) is 7.11 Å². The van der Waals surface area contributed by atoms with Gasteiger partial charge in [0.2, 0.25) is 5.88 Å². The third-order valence-electron chi connectivity index (χ3n) is 2.04. The summed E-state index contributed by atoms with van der Waals surface area (Å²) in [7, 11) is 1.62. The normalized spacial score (nSPS) is 11.5. The van der Waals surface area contributed by atoms with Crippen LogP contribution in [0.4, 0.5) is 0 Å². The zero-order valence-corrected chi connectivity index (χ0v) is 9.58. The number of methoxy groups -OCH3 is 1. The lowest BCUT2D eigenvalue weighted by Crippen LogP contribution is -2.14. The van der Waals surface area contributed by atoms with E-state index in [2.05, 4.69) is 30.2 Å². The molecule has 82 valence electrons. The second kappa shape index (κ2) is 6.19. The van der Waals surface area contributed by atoms with E-state index in [0.29, 0.717) is 5.88 Å². The van der Waals surface area contributed by atoms with Crippen LogP contribution < -0.4 is 10.1 Å². The Kier molecular flexibility index (Phi) is 4.84. The highest BCUT2D eigenvalue weighted by molar-refractivity contribution is 5.51. The van der Waals surface area contributed by atoms with Crippen molar-refractivity contribution in [1.29, 1.82) is 0 Å². The van der Waals surface area contributed by atoms with Crippen molar-refractivity contribution in [3.8, 4) is 5.88 Å². The van der Waals surface area contributed by atoms with Crippen LogP contribution in [0.2, 0.25) is 0 Å². The molecule has 0 aliphatic carbocycles. The fourth-order valence-corrected chi connectivity index (χ4v) is 1.26. The second-order valence-corrected chi connectivity index (χ2v) is 3.40. The molecule has 1 aromatic rings. The number of ether oxygens (including phenoxy) is 1. The van der Waals surface area contributed by atoms with Gasteiger partial charge in [0.1, 0.15) is 0 Å². The maximum Gasteiger partial charge on any atom is 0.212 e. The number of hydrogen-bond acceptors (Lipinski definition) is 3. The number of likely N-dealkylation sites (N-methyl/N-ethyl adjacent to an activating group) is 1. The van der Waals surface area contributed by atoms with Crippen LogP contribution in [0.5, 0.6) is 5.88 Å². The Morgan fingerprint density at radius 2 is 2.33 bits per heavy atom. The Morgan fingerprint density at radius 1 is 1.53 bits per heavy atom. The van der Waals surface area contributed by atoms with Gasteiger partial charge in [-0.2, -0.15) is 0 Å². The van der Waals surface area contributed by atoms with Crippen LogP contribution in [0.1, 0.15) is 19.4 Å². The predicted octanol–water partition coefficient (Wildman–Crippen LogP) is 2.10. The molecule has 0 bridgehead atoms. The van der Waals surface area contributed by atoms with Gasteiger partial charge in [-0.05, 0) is 25.1 Å². The molecule has 0 radical (unpaired) electrons. The summed E-state index contributed by atoms with van der Waals surface area (Å²) in [5.41, 5.74) is 2.40. The van der Waals surface area contributed by atoms with Crippen molar-refractivity contribution in [3.63, 3.8) is 0 Å². The smallest absolute Gasteiger partial charge is 0.212 e. The van der Waals surface area contributed by atoms with Crippen molar-refractivity contribution in [3.05, 3.63) is 29.5 Å². The van der Waals surface area contributed by atoms with Gasteiger partial charge < -0.3 is 10.1 Å². The van der Waals surface area contributed by atoms with Gasteiger partial charge in [-0.25, -0.2) is 4.98 Å². The Balaban J connectivity index is 2.62. The first-order valence-corrected chi connectivity index (χ1v) is 5.14. The van der Waals surface area contributed by atoms with Crippen LogP contribution in [0.25, 0.3) is 6.08 Å². The number of hydrogen-bond donors (Lipinski definition) is 1. The van der Waals surface area contributed by atoms with Crippen LogP contribution in [0, 0.1) is 0 Å². The molecule has 3 nitrogen and oxygen atoms in total. The van der Waals surface area contributed by atoms with E-state index in [1.807, 2.05) is 18.3 Å². The van der Waals surface area contributed by atoms with Gasteiger partial charge in [0.25, 0.3) is 0 Å². The molecule has 1 N–H and O–H groups in total. The molecular weight excluding hydrogens is 188 g/mol. The SMILES string of the molecule is CCNC/C(C)=C/c1ccc(OC)nc1. The van der Waals surface area contributed by atoms with Gasteiger partial charge in [0, 0.05) is 18.8 Å². The third kappa shape index (κ3) is 4.13. The van der Waals surface area contributed by atoms with Crippen molar-refractivity contribution >= 4 is 6.08 Å². The van der Waals surface area contributed by atoms with Gasteiger partial charge in [-0.15, -0.1) is 0 Å². The highest BCUT2D eigenvalue weighted by Gasteiger charge is 1.93. The van der Waals surface area contributed by atoms with E-state index < -0.39 is 0 Å². The molecule has 0 aliphatic heterocycles. The predicted molar refractivity (Wildman–Crippen MR) is 63.0 cm³/mol. The monoisotopic (exact) mass is 206 g/mol. The third-order valence-corrected chi connectivity index (χ3v) is 2.04. The molecule has 0 saturated carbocycles. The van der Waals surface area contributed by atoms with Crippen molar-refractivity contribution in [2.75, 3.05) is 20.2 Å². The molecule has 15 heavy (non-hydrogen) atoms. The summed E-state index contributed by atoms with van der Waals surface area (Å²) in [5.74, 6) is 0.650. The molecule has 0 aliphatic rings. The summed E-state index contributed by atoms with van der Waals surface area (Å²) in [6, 6.07) is 3.87. The summed E-state index contributed by atoms with van der Waals surface area (Å²) in [4.78, 5) is 4.14. The summed E-state index contributed by atoms with van der Waals surface area (Å²) in [5, 5.41) is 3.28. The Hall–Kier alpha value is -1.35. The summed E-state index contributed by atoms with van der Waals surface area (Å²) in [6.07, 6.45) is 3.93. The number of rotatable bonds is 5. The highest BCUT2D eigenvalue weighted by atomic mass is 16.5. The molecule has 1 aromatic heterocycles. The molecule has 0 spiro atoms. The van der Waals surface area contributed by atoms with Crippen LogP contribution >= 0.6 is 0 Å². The zero-order valence-electron chi connectivity index (χ0n) is 9.58. The van der Waals surface area contributed by atoms with Gasteiger partial charge in [0.15, 0.2) is 0 Å². The summed E-state index contributed by atoms with van der Waals surface area (Å²) >= 11 is 0. The maximum absolute atomic E-state index is 4.99. The number of pyridine rings is 1. The number of aromatic nitrogens is 1. The van der Waals surface area contributed by atoms with E-state index >= 15 is 0 Å². The van der Waals surface area contributed by atoms with Crippen LogP contribution in [-0.2, 0) is 0 Å². The molecule has 1 heterocycles. The Labute approximate surface area is 91.2 Å². The van der Waals surface area contributed by atoms with Crippen LogP contribution in [-0.4, -0.2) is 25.2 Å². The maximum atomic E-state index is 4.99. The average Bonchev–Trinajstić information content (AvgIpc) is 2.27. The van der Waals surface area contributed by atoms with Gasteiger partial charge >= 0.3 is 0 Å². The van der Waals surface area contributed by atoms with Gasteiger partial charge in [-0.1, -0.05) is 18.6 Å². The second-order valence-electron chi connectivity index (χ2n) is 3.40. The minimum Gasteiger partial charge on any atom is -0.481 e. The van der Waals surface area contributed by atoms with E-state index in [1.165, 1.54) is 5.57 Å². The van der Waals surface area contributed by atoms with E-state index in [0.717, 1.165) is 18.7 Å². The van der Waals surface area contributed by atoms with Gasteiger partial charge in [-0.3, -0.25) is 0 Å². The van der Waals surface area contributed by atoms with E-state index in [-0.39, 0.29) is 0 Å². The molecule has 0 atom stereocenters. The van der Waals surface area contributed by atoms with Crippen molar-refractivity contribution in [2.24, 2.45) is 0 Å². The Bertz CT molecular complexity index is 317. The van der Waals surface area contributed by atoms with Crippen LogP contribution in [0.15, 0.2) is 23.9 Å². The lowest BCUT2D eigenvalue weighted by Gasteiger charge is -2.02. The molecule has 0 saturated heterocycles. The van der Waals surface area contributed by atoms with Crippen molar-refractivity contribution in [2.45, 2.75) is 13.8 Å².